The van der Waals surface area contributed by atoms with E-state index in [1.165, 1.54) is 0 Å². The van der Waals surface area contributed by atoms with Gasteiger partial charge in [0, 0.05) is 0 Å². The maximum Gasteiger partial charge on any atom is 0.0704 e. The second kappa shape index (κ2) is 8.82. The molecule has 0 spiro atoms. The summed E-state index contributed by atoms with van der Waals surface area (Å²) in [6.45, 7) is 5.10. The van der Waals surface area contributed by atoms with Crippen molar-refractivity contribution < 1.29 is 23.7 Å². The molecule has 1 saturated heterocycles. The number of hydrogen-bond acceptors (Lipinski definition) is 5. The van der Waals surface area contributed by atoms with Crippen LogP contribution < -0.4 is 0 Å². The van der Waals surface area contributed by atoms with E-state index >= 15 is 0 Å². The Morgan fingerprint density at radius 3 is 1.33 bits per heavy atom. The molecule has 1 aliphatic carbocycles. The van der Waals surface area contributed by atoms with Gasteiger partial charge in [-0.15, -0.1) is 0 Å². The first-order valence-corrected chi connectivity index (χ1v) is 6.91. The lowest BCUT2D eigenvalue weighted by atomic mass is 10.3. The summed E-state index contributed by atoms with van der Waals surface area (Å²) in [5.41, 5.74) is 0. The highest BCUT2D eigenvalue weighted by atomic mass is 16.6. The van der Waals surface area contributed by atoms with Crippen LogP contribution in [0, 0.1) is 0 Å². The normalized spacial score (nSPS) is 33.3. The molecule has 1 saturated carbocycles. The topological polar surface area (TPSA) is 46.2 Å². The summed E-state index contributed by atoms with van der Waals surface area (Å²) >= 11 is 0. The van der Waals surface area contributed by atoms with Crippen molar-refractivity contribution in [3.63, 3.8) is 0 Å². The van der Waals surface area contributed by atoms with Gasteiger partial charge in [-0.1, -0.05) is 0 Å². The molecular weight excluding hydrogens is 236 g/mol. The van der Waals surface area contributed by atoms with Gasteiger partial charge in [0.15, 0.2) is 0 Å². The molecule has 1 aliphatic heterocycles. The fraction of sp³-hybridized carbons (Fsp3) is 1.00. The lowest BCUT2D eigenvalue weighted by molar-refractivity contribution is -0.0411. The van der Waals surface area contributed by atoms with Crippen molar-refractivity contribution >= 4 is 0 Å². The second-order valence-corrected chi connectivity index (χ2v) is 4.64. The Hall–Kier alpha value is -0.200. The molecule has 2 atom stereocenters. The van der Waals surface area contributed by atoms with Crippen molar-refractivity contribution in [2.75, 3.05) is 52.9 Å². The molecule has 0 N–H and O–H groups in total. The van der Waals surface area contributed by atoms with Crippen molar-refractivity contribution in [3.05, 3.63) is 0 Å². The van der Waals surface area contributed by atoms with E-state index < -0.39 is 0 Å². The van der Waals surface area contributed by atoms with Crippen LogP contribution in [0.2, 0.25) is 0 Å². The summed E-state index contributed by atoms with van der Waals surface area (Å²) < 4.78 is 27.7. The van der Waals surface area contributed by atoms with E-state index in [4.69, 9.17) is 23.7 Å². The van der Waals surface area contributed by atoms with Crippen LogP contribution in [0.3, 0.4) is 0 Å². The molecule has 2 bridgehead atoms. The second-order valence-electron chi connectivity index (χ2n) is 4.64. The van der Waals surface area contributed by atoms with E-state index in [9.17, 15) is 0 Å². The third kappa shape index (κ3) is 5.63. The molecule has 106 valence electrons. The SMILES string of the molecule is C1COCCOC2CCC(C2)OCCOCCO1. The Kier molecular flexibility index (Phi) is 6.97. The van der Waals surface area contributed by atoms with E-state index in [-0.39, 0.29) is 0 Å². The van der Waals surface area contributed by atoms with Crippen molar-refractivity contribution in [1.29, 1.82) is 0 Å². The fourth-order valence-corrected chi connectivity index (χ4v) is 2.29. The van der Waals surface area contributed by atoms with Gasteiger partial charge in [0.2, 0.25) is 0 Å². The standard InChI is InChI=1S/C13H24O5/c1-2-13-11-12(1)17-9-7-15-5-3-14-4-6-16-8-10-18-13/h12-13H,1-11H2. The predicted molar refractivity (Wildman–Crippen MR) is 65.8 cm³/mol. The minimum Gasteiger partial charge on any atom is -0.377 e. The molecule has 0 aromatic heterocycles. The Labute approximate surface area is 109 Å². The summed E-state index contributed by atoms with van der Waals surface area (Å²) in [4.78, 5) is 0. The first-order chi connectivity index (χ1) is 8.95. The number of rotatable bonds is 0. The van der Waals surface area contributed by atoms with Crippen molar-refractivity contribution in [3.8, 4) is 0 Å². The molecule has 2 rings (SSSR count). The van der Waals surface area contributed by atoms with Gasteiger partial charge in [-0.05, 0) is 19.3 Å². The van der Waals surface area contributed by atoms with Crippen LogP contribution in [0.5, 0.6) is 0 Å². The number of ether oxygens (including phenoxy) is 5. The third-order valence-electron chi connectivity index (χ3n) is 3.24. The highest BCUT2D eigenvalue weighted by Gasteiger charge is 2.25. The van der Waals surface area contributed by atoms with Gasteiger partial charge in [0.25, 0.3) is 0 Å². The summed E-state index contributed by atoms with van der Waals surface area (Å²) in [5.74, 6) is 0. The minimum absolute atomic E-state index is 0.337. The molecule has 2 aliphatic rings. The fourth-order valence-electron chi connectivity index (χ4n) is 2.29. The van der Waals surface area contributed by atoms with Gasteiger partial charge in [0.1, 0.15) is 0 Å². The zero-order chi connectivity index (χ0) is 12.5. The van der Waals surface area contributed by atoms with Crippen molar-refractivity contribution in [1.82, 2.24) is 0 Å². The largest absolute Gasteiger partial charge is 0.377 e. The van der Waals surface area contributed by atoms with E-state index in [2.05, 4.69) is 0 Å². The quantitative estimate of drug-likeness (QED) is 0.650. The smallest absolute Gasteiger partial charge is 0.0704 e. The van der Waals surface area contributed by atoms with Crippen LogP contribution in [-0.2, 0) is 23.7 Å². The lowest BCUT2D eigenvalue weighted by Crippen LogP contribution is -2.19. The molecule has 5 nitrogen and oxygen atoms in total. The maximum atomic E-state index is 5.76. The Morgan fingerprint density at radius 2 is 0.889 bits per heavy atom. The van der Waals surface area contributed by atoms with Gasteiger partial charge < -0.3 is 23.7 Å². The van der Waals surface area contributed by atoms with Gasteiger partial charge in [-0.25, -0.2) is 0 Å². The summed E-state index contributed by atoms with van der Waals surface area (Å²) in [6, 6.07) is 0. The highest BCUT2D eigenvalue weighted by molar-refractivity contribution is 4.76. The molecule has 0 aromatic carbocycles. The maximum absolute atomic E-state index is 5.76. The Balaban J connectivity index is 1.66. The average molecular weight is 260 g/mol. The van der Waals surface area contributed by atoms with Crippen molar-refractivity contribution in [2.45, 2.75) is 31.5 Å². The van der Waals surface area contributed by atoms with Gasteiger partial charge in [0.05, 0.1) is 65.1 Å². The van der Waals surface area contributed by atoms with Gasteiger partial charge in [-0.2, -0.15) is 0 Å². The molecule has 0 aromatic rings. The lowest BCUT2D eigenvalue weighted by Gasteiger charge is -2.14. The van der Waals surface area contributed by atoms with Gasteiger partial charge in [-0.3, -0.25) is 0 Å². The molecule has 0 radical (unpaired) electrons. The summed E-state index contributed by atoms with van der Waals surface area (Å²) in [6.07, 6.45) is 3.86. The minimum atomic E-state index is 0.337. The van der Waals surface area contributed by atoms with E-state index in [0.29, 0.717) is 65.1 Å². The zero-order valence-corrected chi connectivity index (χ0v) is 11.0. The molecule has 2 fully saturated rings. The van der Waals surface area contributed by atoms with Crippen LogP contribution in [0.4, 0.5) is 0 Å². The van der Waals surface area contributed by atoms with Crippen LogP contribution >= 0.6 is 0 Å². The molecule has 0 amide bonds. The molecular formula is C13H24O5. The average Bonchev–Trinajstić information content (AvgIpc) is 2.82. The zero-order valence-electron chi connectivity index (χ0n) is 11.0. The Bertz CT molecular complexity index is 192. The van der Waals surface area contributed by atoms with Crippen molar-refractivity contribution in [2.24, 2.45) is 0 Å². The number of hydrogen-bond donors (Lipinski definition) is 0. The number of fused-ring (bicyclic) bond motifs is 2. The molecule has 2 unspecified atom stereocenters. The predicted octanol–water partition coefficient (Wildman–Crippen LogP) is 1.00. The van der Waals surface area contributed by atoms with E-state index in [1.54, 1.807) is 0 Å². The summed E-state index contributed by atoms with van der Waals surface area (Å²) in [7, 11) is 0. The Morgan fingerprint density at radius 1 is 0.500 bits per heavy atom. The molecule has 5 heteroatoms. The highest BCUT2D eigenvalue weighted by Crippen LogP contribution is 2.24. The van der Waals surface area contributed by atoms with Crippen LogP contribution in [0.25, 0.3) is 0 Å². The van der Waals surface area contributed by atoms with Crippen LogP contribution in [-0.4, -0.2) is 65.1 Å². The monoisotopic (exact) mass is 260 g/mol. The first kappa shape index (κ1) is 14.2. The summed E-state index contributed by atoms with van der Waals surface area (Å²) in [5, 5.41) is 0. The first-order valence-electron chi connectivity index (χ1n) is 6.91. The van der Waals surface area contributed by atoms with E-state index in [0.717, 1.165) is 19.3 Å². The van der Waals surface area contributed by atoms with Gasteiger partial charge >= 0.3 is 0 Å². The molecule has 1 heterocycles. The van der Waals surface area contributed by atoms with Crippen LogP contribution in [0.1, 0.15) is 19.3 Å². The van der Waals surface area contributed by atoms with Crippen LogP contribution in [0.15, 0.2) is 0 Å². The third-order valence-corrected chi connectivity index (χ3v) is 3.24. The molecule has 18 heavy (non-hydrogen) atoms. The van der Waals surface area contributed by atoms with E-state index in [1.807, 2.05) is 0 Å².